The molecule has 0 saturated carbocycles. The quantitative estimate of drug-likeness (QED) is 0.921. The third kappa shape index (κ3) is 3.70. The zero-order valence-corrected chi connectivity index (χ0v) is 14.3. The summed E-state index contributed by atoms with van der Waals surface area (Å²) in [6.07, 6.45) is 0. The summed E-state index contributed by atoms with van der Waals surface area (Å²) in [5, 5.41) is 3.75. The van der Waals surface area contributed by atoms with E-state index in [1.54, 1.807) is 7.11 Å². The zero-order valence-electron chi connectivity index (χ0n) is 14.3. The van der Waals surface area contributed by atoms with Crippen molar-refractivity contribution in [2.45, 2.75) is 46.7 Å². The van der Waals surface area contributed by atoms with Crippen LogP contribution in [0.4, 0.5) is 5.69 Å². The highest BCUT2D eigenvalue weighted by Crippen LogP contribution is 2.31. The van der Waals surface area contributed by atoms with Crippen LogP contribution in [0, 0.1) is 11.3 Å². The van der Waals surface area contributed by atoms with Gasteiger partial charge in [0.1, 0.15) is 5.75 Å². The Balaban J connectivity index is 2.29. The summed E-state index contributed by atoms with van der Waals surface area (Å²) in [5.74, 6) is 1.55. The number of piperazine rings is 1. The van der Waals surface area contributed by atoms with Crippen molar-refractivity contribution in [2.24, 2.45) is 11.3 Å². The lowest BCUT2D eigenvalue weighted by atomic mass is 9.83. The van der Waals surface area contributed by atoms with E-state index >= 15 is 0 Å². The molecule has 1 heterocycles. The first kappa shape index (κ1) is 16.2. The maximum Gasteiger partial charge on any atom is 0.120 e. The molecule has 0 aliphatic carbocycles. The fourth-order valence-electron chi connectivity index (χ4n) is 3.03. The van der Waals surface area contributed by atoms with Crippen LogP contribution in [0.2, 0.25) is 0 Å². The number of anilines is 1. The molecule has 118 valence electrons. The van der Waals surface area contributed by atoms with Gasteiger partial charge < -0.3 is 15.0 Å². The smallest absolute Gasteiger partial charge is 0.120 e. The fourth-order valence-corrected chi connectivity index (χ4v) is 3.03. The van der Waals surface area contributed by atoms with Crippen LogP contribution in [0.15, 0.2) is 24.3 Å². The zero-order chi connectivity index (χ0) is 15.6. The molecule has 1 N–H and O–H groups in total. The largest absolute Gasteiger partial charge is 0.497 e. The molecule has 0 spiro atoms. The van der Waals surface area contributed by atoms with E-state index in [2.05, 4.69) is 63.0 Å². The lowest BCUT2D eigenvalue weighted by Crippen LogP contribution is -2.62. The van der Waals surface area contributed by atoms with E-state index in [0.29, 0.717) is 18.0 Å². The van der Waals surface area contributed by atoms with Gasteiger partial charge in [0.05, 0.1) is 7.11 Å². The molecule has 2 rings (SSSR count). The molecule has 1 aliphatic heterocycles. The Hall–Kier alpha value is -1.22. The number of hydrogen-bond acceptors (Lipinski definition) is 3. The molecule has 0 bridgehead atoms. The Labute approximate surface area is 129 Å². The second-order valence-corrected chi connectivity index (χ2v) is 7.49. The summed E-state index contributed by atoms with van der Waals surface area (Å²) in [7, 11) is 1.73. The first-order valence-corrected chi connectivity index (χ1v) is 7.97. The Morgan fingerprint density at radius 1 is 1.29 bits per heavy atom. The number of nitrogens with one attached hydrogen (secondary N) is 1. The highest BCUT2D eigenvalue weighted by Gasteiger charge is 2.35. The Morgan fingerprint density at radius 2 is 2.00 bits per heavy atom. The molecule has 1 saturated heterocycles. The van der Waals surface area contributed by atoms with Crippen LogP contribution in [0.25, 0.3) is 0 Å². The minimum Gasteiger partial charge on any atom is -0.497 e. The molecule has 1 aliphatic rings. The van der Waals surface area contributed by atoms with Crippen molar-refractivity contribution in [2.75, 3.05) is 25.1 Å². The summed E-state index contributed by atoms with van der Waals surface area (Å²) in [6, 6.07) is 9.47. The molecule has 1 aromatic carbocycles. The van der Waals surface area contributed by atoms with Gasteiger partial charge in [-0.05, 0) is 23.5 Å². The number of rotatable bonds is 3. The number of nitrogens with zero attached hydrogens (tertiary/aromatic N) is 1. The molecule has 2 unspecified atom stereocenters. The Morgan fingerprint density at radius 3 is 2.57 bits per heavy atom. The predicted molar refractivity (Wildman–Crippen MR) is 90.2 cm³/mol. The van der Waals surface area contributed by atoms with E-state index in [-0.39, 0.29) is 5.41 Å². The van der Waals surface area contributed by atoms with Gasteiger partial charge in [-0.3, -0.25) is 0 Å². The summed E-state index contributed by atoms with van der Waals surface area (Å²) in [6.45, 7) is 13.6. The minimum absolute atomic E-state index is 0.263. The fraction of sp³-hybridized carbons (Fsp3) is 0.667. The molecular formula is C18H30N2O. The third-order valence-electron chi connectivity index (χ3n) is 4.55. The van der Waals surface area contributed by atoms with Gasteiger partial charge in [-0.1, -0.05) is 40.7 Å². The van der Waals surface area contributed by atoms with Crippen molar-refractivity contribution in [3.8, 4) is 5.75 Å². The van der Waals surface area contributed by atoms with Crippen LogP contribution in [0.5, 0.6) is 5.75 Å². The normalized spacial score (nSPS) is 23.5. The van der Waals surface area contributed by atoms with Gasteiger partial charge in [0, 0.05) is 36.9 Å². The average molecular weight is 290 g/mol. The van der Waals surface area contributed by atoms with E-state index in [1.807, 2.05) is 6.07 Å². The highest BCUT2D eigenvalue weighted by molar-refractivity contribution is 5.52. The lowest BCUT2D eigenvalue weighted by Gasteiger charge is -2.47. The van der Waals surface area contributed by atoms with Crippen LogP contribution in [-0.2, 0) is 0 Å². The minimum atomic E-state index is 0.263. The van der Waals surface area contributed by atoms with Crippen molar-refractivity contribution in [3.63, 3.8) is 0 Å². The molecule has 21 heavy (non-hydrogen) atoms. The van der Waals surface area contributed by atoms with E-state index < -0.39 is 0 Å². The van der Waals surface area contributed by atoms with Crippen molar-refractivity contribution in [1.29, 1.82) is 0 Å². The summed E-state index contributed by atoms with van der Waals surface area (Å²) < 4.78 is 5.39. The Bertz CT molecular complexity index is 465. The Kier molecular flexibility index (Phi) is 4.82. The molecule has 0 aromatic heterocycles. The van der Waals surface area contributed by atoms with Gasteiger partial charge in [-0.25, -0.2) is 0 Å². The topological polar surface area (TPSA) is 24.5 Å². The van der Waals surface area contributed by atoms with E-state index in [4.69, 9.17) is 4.74 Å². The molecule has 0 amide bonds. The summed E-state index contributed by atoms with van der Waals surface area (Å²) in [4.78, 5) is 2.56. The number of methoxy groups -OCH3 is 1. The van der Waals surface area contributed by atoms with Crippen LogP contribution in [0.3, 0.4) is 0 Å². The maximum absolute atomic E-state index is 5.39. The van der Waals surface area contributed by atoms with E-state index in [1.165, 1.54) is 5.69 Å². The van der Waals surface area contributed by atoms with Gasteiger partial charge >= 0.3 is 0 Å². The van der Waals surface area contributed by atoms with Crippen molar-refractivity contribution >= 4 is 5.69 Å². The highest BCUT2D eigenvalue weighted by atomic mass is 16.5. The number of benzene rings is 1. The third-order valence-corrected chi connectivity index (χ3v) is 4.55. The first-order chi connectivity index (χ1) is 9.82. The number of ether oxygens (including phenoxy) is 1. The summed E-state index contributed by atoms with van der Waals surface area (Å²) >= 11 is 0. The standard InChI is InChI=1S/C18H30N2O/c1-13(2)16-11-19-17(18(3,4)5)12-20(16)14-8-7-9-15(10-14)21-6/h7-10,13,16-17,19H,11-12H2,1-6H3. The predicted octanol–water partition coefficient (Wildman–Crippen LogP) is 3.54. The van der Waals surface area contributed by atoms with Gasteiger partial charge in [0.15, 0.2) is 0 Å². The second-order valence-electron chi connectivity index (χ2n) is 7.49. The van der Waals surface area contributed by atoms with Gasteiger partial charge in [0.2, 0.25) is 0 Å². The molecule has 1 fully saturated rings. The molecule has 3 nitrogen and oxygen atoms in total. The molecule has 0 radical (unpaired) electrons. The summed E-state index contributed by atoms with van der Waals surface area (Å²) in [5.41, 5.74) is 1.53. The van der Waals surface area contributed by atoms with Crippen LogP contribution in [-0.4, -0.2) is 32.3 Å². The van der Waals surface area contributed by atoms with Gasteiger partial charge in [-0.15, -0.1) is 0 Å². The average Bonchev–Trinajstić information content (AvgIpc) is 2.45. The van der Waals surface area contributed by atoms with Crippen molar-refractivity contribution in [3.05, 3.63) is 24.3 Å². The van der Waals surface area contributed by atoms with Crippen molar-refractivity contribution in [1.82, 2.24) is 5.32 Å². The monoisotopic (exact) mass is 290 g/mol. The molecule has 3 heteroatoms. The van der Waals surface area contributed by atoms with Gasteiger partial charge in [-0.2, -0.15) is 0 Å². The first-order valence-electron chi connectivity index (χ1n) is 7.97. The lowest BCUT2D eigenvalue weighted by molar-refractivity contribution is 0.221. The van der Waals surface area contributed by atoms with E-state index in [9.17, 15) is 0 Å². The van der Waals surface area contributed by atoms with E-state index in [0.717, 1.165) is 18.8 Å². The SMILES string of the molecule is COc1cccc(N2CC(C(C)(C)C)NCC2C(C)C)c1. The second kappa shape index (κ2) is 6.27. The maximum atomic E-state index is 5.39. The van der Waals surface area contributed by atoms with Crippen molar-refractivity contribution < 1.29 is 4.74 Å². The molecule has 1 aromatic rings. The van der Waals surface area contributed by atoms with Gasteiger partial charge in [0.25, 0.3) is 0 Å². The van der Waals surface area contributed by atoms with Crippen LogP contribution in [0.1, 0.15) is 34.6 Å². The molecule has 2 atom stereocenters. The molecular weight excluding hydrogens is 260 g/mol. The number of hydrogen-bond donors (Lipinski definition) is 1. The van der Waals surface area contributed by atoms with Crippen LogP contribution >= 0.6 is 0 Å². The van der Waals surface area contributed by atoms with Crippen LogP contribution < -0.4 is 15.0 Å².